The van der Waals surface area contributed by atoms with Crippen LogP contribution in [0.2, 0.25) is 0 Å². The lowest BCUT2D eigenvalue weighted by Gasteiger charge is -2.23. The van der Waals surface area contributed by atoms with Crippen LogP contribution in [0.25, 0.3) is 0 Å². The molecule has 0 saturated carbocycles. The van der Waals surface area contributed by atoms with E-state index in [1.54, 1.807) is 26.3 Å². The molecule has 0 unspecified atom stereocenters. The maximum atomic E-state index is 11.5. The van der Waals surface area contributed by atoms with E-state index in [4.69, 9.17) is 9.88 Å². The van der Waals surface area contributed by atoms with Gasteiger partial charge in [0.1, 0.15) is 5.75 Å². The van der Waals surface area contributed by atoms with E-state index >= 15 is 0 Å². The van der Waals surface area contributed by atoms with E-state index in [-0.39, 0.29) is 28.9 Å². The largest absolute Gasteiger partial charge is 0.496 e. The van der Waals surface area contributed by atoms with Gasteiger partial charge in [-0.3, -0.25) is 4.99 Å². The Labute approximate surface area is 177 Å². The summed E-state index contributed by atoms with van der Waals surface area (Å²) in [5, 5.41) is 8.40. The Hall–Kier alpha value is -1.85. The van der Waals surface area contributed by atoms with Gasteiger partial charge in [-0.15, -0.1) is 24.0 Å². The molecule has 2 aromatic carbocycles. The molecular formula is C18H25IN4O3S. The molecule has 7 nitrogen and oxygen atoms in total. The molecule has 0 aliphatic rings. The zero-order valence-electron chi connectivity index (χ0n) is 15.5. The number of sulfonamides is 1. The number of primary sulfonamides is 1. The molecule has 0 atom stereocenters. The molecular weight excluding hydrogens is 479 g/mol. The molecule has 2 aromatic rings. The maximum absolute atomic E-state index is 11.5. The van der Waals surface area contributed by atoms with Gasteiger partial charge in [0.25, 0.3) is 0 Å². The molecule has 0 saturated heterocycles. The lowest BCUT2D eigenvalue weighted by Crippen LogP contribution is -2.38. The summed E-state index contributed by atoms with van der Waals surface area (Å²) in [6.07, 6.45) is 0. The van der Waals surface area contributed by atoms with E-state index in [1.807, 2.05) is 42.3 Å². The van der Waals surface area contributed by atoms with Gasteiger partial charge in [0, 0.05) is 32.7 Å². The van der Waals surface area contributed by atoms with Gasteiger partial charge in [0.05, 0.1) is 12.0 Å². The van der Waals surface area contributed by atoms with E-state index in [9.17, 15) is 8.42 Å². The molecule has 0 radical (unpaired) electrons. The van der Waals surface area contributed by atoms with Crippen molar-refractivity contribution in [2.24, 2.45) is 10.1 Å². The van der Waals surface area contributed by atoms with Crippen LogP contribution in [-0.4, -0.2) is 40.5 Å². The van der Waals surface area contributed by atoms with E-state index in [0.29, 0.717) is 19.0 Å². The number of benzene rings is 2. The minimum absolute atomic E-state index is 0. The van der Waals surface area contributed by atoms with Gasteiger partial charge in [-0.25, -0.2) is 13.6 Å². The fraction of sp³-hybridized carbons (Fsp3) is 0.278. The number of aliphatic imine (C=N–C) groups is 1. The lowest BCUT2D eigenvalue weighted by atomic mass is 10.2. The van der Waals surface area contributed by atoms with Crippen molar-refractivity contribution in [2.45, 2.75) is 18.0 Å². The molecule has 0 fully saturated rings. The minimum Gasteiger partial charge on any atom is -0.496 e. The fourth-order valence-electron chi connectivity index (χ4n) is 2.56. The normalized spacial score (nSPS) is 11.5. The lowest BCUT2D eigenvalue weighted by molar-refractivity contribution is 0.396. The Bertz CT molecular complexity index is 888. The molecule has 27 heavy (non-hydrogen) atoms. The highest BCUT2D eigenvalue weighted by molar-refractivity contribution is 14.0. The van der Waals surface area contributed by atoms with Crippen LogP contribution in [0.15, 0.2) is 58.4 Å². The number of nitrogens with one attached hydrogen (secondary N) is 1. The molecule has 148 valence electrons. The number of hydrogen-bond donors (Lipinski definition) is 2. The Balaban J connectivity index is 0.00000364. The van der Waals surface area contributed by atoms with Crippen molar-refractivity contribution in [3.8, 4) is 5.75 Å². The van der Waals surface area contributed by atoms with Gasteiger partial charge in [0.2, 0.25) is 10.0 Å². The van der Waals surface area contributed by atoms with Gasteiger partial charge >= 0.3 is 0 Å². The molecule has 3 N–H and O–H groups in total. The van der Waals surface area contributed by atoms with Crippen molar-refractivity contribution < 1.29 is 13.2 Å². The van der Waals surface area contributed by atoms with E-state index < -0.39 is 10.0 Å². The van der Waals surface area contributed by atoms with Gasteiger partial charge in [-0.1, -0.05) is 30.3 Å². The van der Waals surface area contributed by atoms with Crippen molar-refractivity contribution in [2.75, 3.05) is 21.2 Å². The molecule has 0 heterocycles. The number of nitrogens with zero attached hydrogens (tertiary/aromatic N) is 2. The predicted molar refractivity (Wildman–Crippen MR) is 118 cm³/mol. The first kappa shape index (κ1) is 23.2. The summed E-state index contributed by atoms with van der Waals surface area (Å²) < 4.78 is 28.3. The number of hydrogen-bond acceptors (Lipinski definition) is 4. The van der Waals surface area contributed by atoms with Crippen LogP contribution >= 0.6 is 24.0 Å². The molecule has 9 heteroatoms. The van der Waals surface area contributed by atoms with E-state index in [1.165, 1.54) is 6.07 Å². The molecule has 0 bridgehead atoms. The predicted octanol–water partition coefficient (Wildman–Crippen LogP) is 2.17. The molecule has 0 spiro atoms. The van der Waals surface area contributed by atoms with Crippen LogP contribution in [0.5, 0.6) is 5.75 Å². The highest BCUT2D eigenvalue weighted by Gasteiger charge is 2.11. The number of ether oxygens (including phenoxy) is 1. The van der Waals surface area contributed by atoms with Crippen LogP contribution < -0.4 is 15.2 Å². The third-order valence-corrected chi connectivity index (χ3v) is 4.76. The summed E-state index contributed by atoms with van der Waals surface area (Å²) in [4.78, 5) is 6.33. The van der Waals surface area contributed by atoms with Crippen molar-refractivity contribution in [1.29, 1.82) is 0 Å². The molecule has 0 amide bonds. The average Bonchev–Trinajstić information content (AvgIpc) is 2.62. The van der Waals surface area contributed by atoms with E-state index in [0.717, 1.165) is 16.9 Å². The molecule has 0 aliphatic heterocycles. The summed E-state index contributed by atoms with van der Waals surface area (Å²) in [6.45, 7) is 1.03. The summed E-state index contributed by atoms with van der Waals surface area (Å²) >= 11 is 0. The van der Waals surface area contributed by atoms with Gasteiger partial charge in [0.15, 0.2) is 5.96 Å². The van der Waals surface area contributed by atoms with Crippen molar-refractivity contribution in [3.63, 3.8) is 0 Å². The summed E-state index contributed by atoms with van der Waals surface area (Å²) in [7, 11) is 1.54. The zero-order chi connectivity index (χ0) is 19.2. The molecule has 2 rings (SSSR count). The topological polar surface area (TPSA) is 97.0 Å². The maximum Gasteiger partial charge on any atom is 0.238 e. The first-order chi connectivity index (χ1) is 12.3. The second kappa shape index (κ2) is 10.5. The van der Waals surface area contributed by atoms with E-state index in [2.05, 4.69) is 10.3 Å². The number of rotatable bonds is 6. The number of halogens is 1. The van der Waals surface area contributed by atoms with Crippen LogP contribution in [0.4, 0.5) is 0 Å². The van der Waals surface area contributed by atoms with Crippen molar-refractivity contribution in [3.05, 3.63) is 59.7 Å². The second-order valence-corrected chi connectivity index (χ2v) is 7.32. The van der Waals surface area contributed by atoms with Crippen molar-refractivity contribution >= 4 is 40.0 Å². The summed E-state index contributed by atoms with van der Waals surface area (Å²) in [5.74, 6) is 1.49. The monoisotopic (exact) mass is 504 g/mol. The highest BCUT2D eigenvalue weighted by Crippen LogP contribution is 2.18. The van der Waals surface area contributed by atoms with Gasteiger partial charge in [-0.2, -0.15) is 0 Å². The Kier molecular flexibility index (Phi) is 9.00. The first-order valence-electron chi connectivity index (χ1n) is 8.00. The smallest absolute Gasteiger partial charge is 0.238 e. The first-order valence-corrected chi connectivity index (χ1v) is 9.55. The number of para-hydroxylation sites is 1. The van der Waals surface area contributed by atoms with Crippen LogP contribution in [-0.2, 0) is 23.1 Å². The van der Waals surface area contributed by atoms with Crippen molar-refractivity contribution in [1.82, 2.24) is 10.2 Å². The third kappa shape index (κ3) is 6.67. The fourth-order valence-corrected chi connectivity index (χ4v) is 3.15. The minimum atomic E-state index is -3.72. The van der Waals surface area contributed by atoms with Gasteiger partial charge < -0.3 is 15.0 Å². The number of nitrogens with two attached hydrogens (primary N) is 1. The SMILES string of the molecule is CN=C(NCc1cccc(S(N)(=O)=O)c1)N(C)Cc1ccccc1OC.I. The van der Waals surface area contributed by atoms with Crippen LogP contribution in [0.3, 0.4) is 0 Å². The highest BCUT2D eigenvalue weighted by atomic mass is 127. The summed E-state index contributed by atoms with van der Waals surface area (Å²) in [6, 6.07) is 14.3. The standard InChI is InChI=1S/C18H24N4O3S.HI/c1-20-18(22(2)13-15-8-4-5-10-17(15)25-3)21-12-14-7-6-9-16(11-14)26(19,23)24;/h4-11H,12-13H2,1-3H3,(H,20,21)(H2,19,23,24);1H. The molecule has 0 aliphatic carbocycles. The third-order valence-electron chi connectivity index (χ3n) is 3.85. The second-order valence-electron chi connectivity index (χ2n) is 5.76. The number of methoxy groups -OCH3 is 1. The Morgan fingerprint density at radius 3 is 2.56 bits per heavy atom. The van der Waals surface area contributed by atoms with Crippen LogP contribution in [0.1, 0.15) is 11.1 Å². The Morgan fingerprint density at radius 1 is 1.22 bits per heavy atom. The van der Waals surface area contributed by atoms with Gasteiger partial charge in [-0.05, 0) is 23.8 Å². The zero-order valence-corrected chi connectivity index (χ0v) is 18.7. The summed E-state index contributed by atoms with van der Waals surface area (Å²) in [5.41, 5.74) is 1.83. The quantitative estimate of drug-likeness (QED) is 0.357. The Morgan fingerprint density at radius 2 is 1.93 bits per heavy atom. The number of guanidine groups is 1. The van der Waals surface area contributed by atoms with Crippen LogP contribution in [0, 0.1) is 0 Å². The average molecular weight is 504 g/mol. The molecule has 0 aromatic heterocycles.